The van der Waals surface area contributed by atoms with Gasteiger partial charge in [0.2, 0.25) is 0 Å². The average molecular weight is 395 g/mol. The van der Waals surface area contributed by atoms with Crippen molar-refractivity contribution in [3.63, 3.8) is 0 Å². The van der Waals surface area contributed by atoms with E-state index in [-0.39, 0.29) is 6.04 Å². The summed E-state index contributed by atoms with van der Waals surface area (Å²) in [6, 6.07) is 18.6. The number of rotatable bonds is 7. The standard InChI is InChI=1S/C24H30N2O3/c1-19(2)12-17-26(21-13-15-25(16-14-21)24(27)28)22-10-6-7-11-23(22)29-18-20-8-4-3-5-9-20/h3-12,21H,13-18H2,1-2H3,(H,27,28). The van der Waals surface area contributed by atoms with E-state index in [0.717, 1.165) is 36.4 Å². The summed E-state index contributed by atoms with van der Waals surface area (Å²) in [6.07, 6.45) is 3.02. The number of nitrogens with zero attached hydrogens (tertiary/aromatic N) is 2. The Bertz CT molecular complexity index is 823. The van der Waals surface area contributed by atoms with Gasteiger partial charge in [0.15, 0.2) is 0 Å². The summed E-state index contributed by atoms with van der Waals surface area (Å²) < 4.78 is 6.19. The molecule has 154 valence electrons. The second kappa shape index (κ2) is 10.0. The van der Waals surface area contributed by atoms with Crippen LogP contribution < -0.4 is 9.64 Å². The predicted octanol–water partition coefficient (Wildman–Crippen LogP) is 5.18. The Hall–Kier alpha value is -2.95. The zero-order valence-electron chi connectivity index (χ0n) is 17.3. The number of benzene rings is 2. The van der Waals surface area contributed by atoms with Gasteiger partial charge in [0.25, 0.3) is 0 Å². The molecule has 2 aromatic rings. The second-order valence-electron chi connectivity index (χ2n) is 7.68. The van der Waals surface area contributed by atoms with E-state index in [0.29, 0.717) is 19.7 Å². The van der Waals surface area contributed by atoms with Crippen LogP contribution in [0.25, 0.3) is 0 Å². The molecule has 3 rings (SSSR count). The maximum Gasteiger partial charge on any atom is 0.407 e. The third-order valence-corrected chi connectivity index (χ3v) is 5.28. The Balaban J connectivity index is 1.80. The number of allylic oxidation sites excluding steroid dienone is 1. The lowest BCUT2D eigenvalue weighted by Crippen LogP contribution is -2.46. The lowest BCUT2D eigenvalue weighted by molar-refractivity contribution is 0.131. The smallest absolute Gasteiger partial charge is 0.407 e. The molecule has 1 amide bonds. The number of anilines is 1. The van der Waals surface area contributed by atoms with E-state index in [9.17, 15) is 9.90 Å². The lowest BCUT2D eigenvalue weighted by Gasteiger charge is -2.39. The molecule has 0 atom stereocenters. The summed E-state index contributed by atoms with van der Waals surface area (Å²) in [5.74, 6) is 0.860. The monoisotopic (exact) mass is 394 g/mol. The van der Waals surface area contributed by atoms with Gasteiger partial charge < -0.3 is 19.6 Å². The number of likely N-dealkylation sites (tertiary alicyclic amines) is 1. The minimum atomic E-state index is -0.828. The molecule has 1 N–H and O–H groups in total. The fourth-order valence-corrected chi connectivity index (χ4v) is 3.65. The van der Waals surface area contributed by atoms with Crippen LogP contribution >= 0.6 is 0 Å². The normalized spacial score (nSPS) is 14.3. The lowest BCUT2D eigenvalue weighted by atomic mass is 10.0. The summed E-state index contributed by atoms with van der Waals surface area (Å²) in [5, 5.41) is 9.26. The molecule has 1 fully saturated rings. The number of piperidine rings is 1. The van der Waals surface area contributed by atoms with Crippen LogP contribution in [0.4, 0.5) is 10.5 Å². The first-order chi connectivity index (χ1) is 14.0. The molecule has 1 saturated heterocycles. The molecule has 0 unspecified atom stereocenters. The van der Waals surface area contributed by atoms with Gasteiger partial charge in [-0.25, -0.2) is 4.79 Å². The molecule has 5 heteroatoms. The van der Waals surface area contributed by atoms with E-state index in [1.165, 1.54) is 10.5 Å². The van der Waals surface area contributed by atoms with Crippen molar-refractivity contribution in [2.75, 3.05) is 24.5 Å². The Labute approximate surface area is 173 Å². The largest absolute Gasteiger partial charge is 0.487 e. The highest BCUT2D eigenvalue weighted by atomic mass is 16.5. The Morgan fingerprint density at radius 3 is 2.41 bits per heavy atom. The third-order valence-electron chi connectivity index (χ3n) is 5.28. The first kappa shape index (κ1) is 20.8. The number of ether oxygens (including phenoxy) is 1. The highest BCUT2D eigenvalue weighted by Crippen LogP contribution is 2.33. The van der Waals surface area contributed by atoms with Crippen molar-refractivity contribution in [3.8, 4) is 5.75 Å². The van der Waals surface area contributed by atoms with Crippen LogP contribution in [0.3, 0.4) is 0 Å². The van der Waals surface area contributed by atoms with E-state index < -0.39 is 6.09 Å². The van der Waals surface area contributed by atoms with Crippen molar-refractivity contribution >= 4 is 11.8 Å². The van der Waals surface area contributed by atoms with Crippen LogP contribution in [0.1, 0.15) is 32.3 Å². The van der Waals surface area contributed by atoms with Crippen molar-refractivity contribution < 1.29 is 14.6 Å². The molecule has 0 aromatic heterocycles. The minimum absolute atomic E-state index is 0.280. The van der Waals surface area contributed by atoms with Gasteiger partial charge in [-0.3, -0.25) is 0 Å². The molecule has 29 heavy (non-hydrogen) atoms. The zero-order chi connectivity index (χ0) is 20.6. The van der Waals surface area contributed by atoms with Crippen LogP contribution in [0, 0.1) is 0 Å². The maximum atomic E-state index is 11.3. The summed E-state index contributed by atoms with van der Waals surface area (Å²) in [6.45, 7) is 6.64. The molecule has 1 aliphatic rings. The summed E-state index contributed by atoms with van der Waals surface area (Å²) in [7, 11) is 0. The number of carbonyl (C=O) groups is 1. The minimum Gasteiger partial charge on any atom is -0.487 e. The molecule has 0 bridgehead atoms. The van der Waals surface area contributed by atoms with Crippen molar-refractivity contribution in [2.24, 2.45) is 0 Å². The van der Waals surface area contributed by atoms with Gasteiger partial charge in [-0.2, -0.15) is 0 Å². The molecule has 1 heterocycles. The summed E-state index contributed by atoms with van der Waals surface area (Å²) >= 11 is 0. The highest BCUT2D eigenvalue weighted by molar-refractivity contribution is 5.65. The molecule has 5 nitrogen and oxygen atoms in total. The van der Waals surface area contributed by atoms with E-state index in [1.54, 1.807) is 0 Å². The first-order valence-corrected chi connectivity index (χ1v) is 10.2. The molecule has 1 aliphatic heterocycles. The van der Waals surface area contributed by atoms with E-state index in [2.05, 4.69) is 43.0 Å². The van der Waals surface area contributed by atoms with Gasteiger partial charge in [-0.05, 0) is 44.4 Å². The second-order valence-corrected chi connectivity index (χ2v) is 7.68. The maximum absolute atomic E-state index is 11.3. The number of hydrogen-bond acceptors (Lipinski definition) is 3. The van der Waals surface area contributed by atoms with Gasteiger partial charge >= 0.3 is 6.09 Å². The molecular formula is C24H30N2O3. The van der Waals surface area contributed by atoms with Crippen LogP contribution in [0.15, 0.2) is 66.2 Å². The first-order valence-electron chi connectivity index (χ1n) is 10.2. The topological polar surface area (TPSA) is 53.0 Å². The summed E-state index contributed by atoms with van der Waals surface area (Å²) in [5.41, 5.74) is 3.46. The fourth-order valence-electron chi connectivity index (χ4n) is 3.65. The molecular weight excluding hydrogens is 364 g/mol. The van der Waals surface area contributed by atoms with Crippen molar-refractivity contribution in [1.29, 1.82) is 0 Å². The Morgan fingerprint density at radius 1 is 1.10 bits per heavy atom. The van der Waals surface area contributed by atoms with E-state index in [1.807, 2.05) is 36.4 Å². The SMILES string of the molecule is CC(C)=CCN(c1ccccc1OCc1ccccc1)C1CCN(C(=O)O)CC1. The fraction of sp³-hybridized carbons (Fsp3) is 0.375. The van der Waals surface area contributed by atoms with E-state index >= 15 is 0 Å². The van der Waals surface area contributed by atoms with Crippen LogP contribution in [0.2, 0.25) is 0 Å². The van der Waals surface area contributed by atoms with Crippen LogP contribution in [0.5, 0.6) is 5.75 Å². The molecule has 2 aromatic carbocycles. The van der Waals surface area contributed by atoms with Crippen LogP contribution in [-0.2, 0) is 6.61 Å². The zero-order valence-corrected chi connectivity index (χ0v) is 17.3. The van der Waals surface area contributed by atoms with Gasteiger partial charge in [0.05, 0.1) is 5.69 Å². The van der Waals surface area contributed by atoms with Crippen LogP contribution in [-0.4, -0.2) is 41.8 Å². The van der Waals surface area contributed by atoms with Gasteiger partial charge in [-0.15, -0.1) is 0 Å². The van der Waals surface area contributed by atoms with Gasteiger partial charge in [0, 0.05) is 25.7 Å². The van der Waals surface area contributed by atoms with Crippen molar-refractivity contribution in [1.82, 2.24) is 4.90 Å². The quantitative estimate of drug-likeness (QED) is 0.658. The van der Waals surface area contributed by atoms with E-state index in [4.69, 9.17) is 4.74 Å². The average Bonchev–Trinajstić information content (AvgIpc) is 2.74. The summed E-state index contributed by atoms with van der Waals surface area (Å²) in [4.78, 5) is 15.1. The molecule has 0 spiro atoms. The van der Waals surface area contributed by atoms with Crippen molar-refractivity contribution in [2.45, 2.75) is 39.3 Å². The van der Waals surface area contributed by atoms with Gasteiger partial charge in [-0.1, -0.05) is 54.1 Å². The predicted molar refractivity (Wildman–Crippen MR) is 117 cm³/mol. The number of carboxylic acid groups (broad SMARTS) is 1. The Kier molecular flexibility index (Phi) is 7.17. The Morgan fingerprint density at radius 2 is 1.76 bits per heavy atom. The number of hydrogen-bond donors (Lipinski definition) is 1. The number of para-hydroxylation sites is 2. The third kappa shape index (κ3) is 5.76. The highest BCUT2D eigenvalue weighted by Gasteiger charge is 2.27. The van der Waals surface area contributed by atoms with Crippen molar-refractivity contribution in [3.05, 3.63) is 71.8 Å². The number of amides is 1. The molecule has 0 aliphatic carbocycles. The van der Waals surface area contributed by atoms with Gasteiger partial charge in [0.1, 0.15) is 12.4 Å². The molecule has 0 radical (unpaired) electrons. The molecule has 0 saturated carbocycles.